The van der Waals surface area contributed by atoms with E-state index in [1.165, 1.54) is 6.33 Å². The van der Waals surface area contributed by atoms with Crippen LogP contribution in [0.4, 0.5) is 14.6 Å². The molecule has 2 aromatic heterocycles. The highest BCUT2D eigenvalue weighted by molar-refractivity contribution is 5.83. The lowest BCUT2D eigenvalue weighted by molar-refractivity contribution is -0.0221. The predicted molar refractivity (Wildman–Crippen MR) is 62.7 cm³/mol. The monoisotopic (exact) mass is 253 g/mol. The first-order valence-electron chi connectivity index (χ1n) is 5.82. The normalized spacial score (nSPS) is 19.4. The van der Waals surface area contributed by atoms with Crippen LogP contribution >= 0.6 is 0 Å². The van der Waals surface area contributed by atoms with Gasteiger partial charge in [0.2, 0.25) is 0 Å². The number of piperidine rings is 1. The van der Waals surface area contributed by atoms with E-state index in [9.17, 15) is 8.78 Å². The van der Waals surface area contributed by atoms with E-state index in [-0.39, 0.29) is 12.8 Å². The molecule has 7 heteroatoms. The smallest absolute Gasteiger partial charge is 0.251 e. The Morgan fingerprint density at radius 3 is 2.61 bits per heavy atom. The molecule has 0 aromatic carbocycles. The Morgan fingerprint density at radius 2 is 1.89 bits per heavy atom. The maximum Gasteiger partial charge on any atom is 0.251 e. The fraction of sp³-hybridized carbons (Fsp3) is 0.545. The van der Waals surface area contributed by atoms with Crippen molar-refractivity contribution >= 4 is 17.0 Å². The molecule has 18 heavy (non-hydrogen) atoms. The van der Waals surface area contributed by atoms with E-state index < -0.39 is 5.92 Å². The second kappa shape index (κ2) is 3.86. The molecule has 0 aliphatic carbocycles. The Balaban J connectivity index is 1.95. The Bertz CT molecular complexity index is 570. The minimum atomic E-state index is -2.55. The molecule has 2 aromatic rings. The van der Waals surface area contributed by atoms with E-state index in [1.54, 1.807) is 10.9 Å². The van der Waals surface area contributed by atoms with Crippen molar-refractivity contribution in [2.24, 2.45) is 7.05 Å². The van der Waals surface area contributed by atoms with Crippen LogP contribution in [-0.4, -0.2) is 38.5 Å². The van der Waals surface area contributed by atoms with Gasteiger partial charge in [-0.05, 0) is 0 Å². The number of rotatable bonds is 1. The average molecular weight is 253 g/mol. The number of aryl methyl sites for hydroxylation is 1. The molecule has 5 nitrogen and oxygen atoms in total. The molecule has 0 amide bonds. The predicted octanol–water partition coefficient (Wildman–Crippen LogP) is 1.60. The quantitative estimate of drug-likeness (QED) is 0.774. The molecule has 0 unspecified atom stereocenters. The molecule has 3 rings (SSSR count). The number of halogens is 2. The van der Waals surface area contributed by atoms with Crippen LogP contribution in [0.5, 0.6) is 0 Å². The zero-order valence-electron chi connectivity index (χ0n) is 9.98. The van der Waals surface area contributed by atoms with Crippen molar-refractivity contribution in [1.82, 2.24) is 19.5 Å². The molecule has 0 saturated carbocycles. The molecular formula is C11H13F2N5. The second-order valence-electron chi connectivity index (χ2n) is 4.57. The Hall–Kier alpha value is -1.79. The fourth-order valence-corrected chi connectivity index (χ4v) is 2.21. The van der Waals surface area contributed by atoms with Gasteiger partial charge in [0.15, 0.2) is 17.0 Å². The van der Waals surface area contributed by atoms with Gasteiger partial charge < -0.3 is 9.47 Å². The van der Waals surface area contributed by atoms with Gasteiger partial charge in [0.1, 0.15) is 6.33 Å². The second-order valence-corrected chi connectivity index (χ2v) is 4.57. The summed E-state index contributed by atoms with van der Waals surface area (Å²) in [6, 6.07) is 0. The van der Waals surface area contributed by atoms with E-state index in [0.717, 1.165) is 5.65 Å². The summed E-state index contributed by atoms with van der Waals surface area (Å²) in [5, 5.41) is 0. The van der Waals surface area contributed by atoms with Gasteiger partial charge in [-0.2, -0.15) is 0 Å². The summed E-state index contributed by atoms with van der Waals surface area (Å²) in [6.07, 6.45) is 2.84. The van der Waals surface area contributed by atoms with Gasteiger partial charge in [-0.15, -0.1) is 0 Å². The van der Waals surface area contributed by atoms with Crippen molar-refractivity contribution in [3.63, 3.8) is 0 Å². The van der Waals surface area contributed by atoms with Crippen LogP contribution in [0.25, 0.3) is 11.2 Å². The third kappa shape index (κ3) is 1.79. The zero-order valence-corrected chi connectivity index (χ0v) is 9.98. The molecule has 0 N–H and O–H groups in total. The number of hydrogen-bond donors (Lipinski definition) is 0. The first-order chi connectivity index (χ1) is 8.57. The zero-order chi connectivity index (χ0) is 12.8. The van der Waals surface area contributed by atoms with Crippen molar-refractivity contribution in [2.75, 3.05) is 18.0 Å². The van der Waals surface area contributed by atoms with Crippen molar-refractivity contribution in [3.05, 3.63) is 12.7 Å². The van der Waals surface area contributed by atoms with Crippen molar-refractivity contribution < 1.29 is 8.78 Å². The molecule has 1 aliphatic heterocycles. The molecule has 0 atom stereocenters. The summed E-state index contributed by atoms with van der Waals surface area (Å²) >= 11 is 0. The molecule has 0 spiro atoms. The Kier molecular flexibility index (Phi) is 2.42. The molecule has 1 fully saturated rings. The van der Waals surface area contributed by atoms with Crippen molar-refractivity contribution in [3.8, 4) is 0 Å². The minimum absolute atomic E-state index is 0.134. The van der Waals surface area contributed by atoms with Gasteiger partial charge >= 0.3 is 0 Å². The number of nitrogens with zero attached hydrogens (tertiary/aromatic N) is 5. The summed E-state index contributed by atoms with van der Waals surface area (Å²) in [6.45, 7) is 0.603. The average Bonchev–Trinajstić information content (AvgIpc) is 2.72. The number of imidazole rings is 1. The molecular weight excluding hydrogens is 240 g/mol. The van der Waals surface area contributed by atoms with Crippen LogP contribution in [-0.2, 0) is 7.05 Å². The topological polar surface area (TPSA) is 46.8 Å². The highest BCUT2D eigenvalue weighted by atomic mass is 19.3. The number of fused-ring (bicyclic) bond motifs is 1. The first-order valence-corrected chi connectivity index (χ1v) is 5.82. The summed E-state index contributed by atoms with van der Waals surface area (Å²) in [4.78, 5) is 14.4. The van der Waals surface area contributed by atoms with Gasteiger partial charge in [-0.25, -0.2) is 23.7 Å². The molecule has 0 bridgehead atoms. The van der Waals surface area contributed by atoms with Gasteiger partial charge in [0.05, 0.1) is 6.33 Å². The number of hydrogen-bond acceptors (Lipinski definition) is 4. The van der Waals surface area contributed by atoms with Crippen LogP contribution < -0.4 is 4.90 Å². The lowest BCUT2D eigenvalue weighted by atomic mass is 10.1. The van der Waals surface area contributed by atoms with E-state index in [4.69, 9.17) is 0 Å². The highest BCUT2D eigenvalue weighted by Crippen LogP contribution is 2.31. The third-order valence-electron chi connectivity index (χ3n) is 3.27. The van der Waals surface area contributed by atoms with Gasteiger partial charge in [-0.3, -0.25) is 0 Å². The summed E-state index contributed by atoms with van der Waals surface area (Å²) in [5.41, 5.74) is 1.39. The maximum absolute atomic E-state index is 13.1. The summed E-state index contributed by atoms with van der Waals surface area (Å²) in [7, 11) is 1.84. The Labute approximate surface area is 102 Å². The van der Waals surface area contributed by atoms with Crippen molar-refractivity contribution in [1.29, 1.82) is 0 Å². The number of aromatic nitrogens is 4. The van der Waals surface area contributed by atoms with Crippen LogP contribution in [0.3, 0.4) is 0 Å². The lowest BCUT2D eigenvalue weighted by Crippen LogP contribution is -2.39. The summed E-state index contributed by atoms with van der Waals surface area (Å²) in [5.74, 6) is -1.90. The third-order valence-corrected chi connectivity index (χ3v) is 3.27. The van der Waals surface area contributed by atoms with Gasteiger partial charge in [-0.1, -0.05) is 0 Å². The van der Waals surface area contributed by atoms with E-state index in [0.29, 0.717) is 24.4 Å². The lowest BCUT2D eigenvalue weighted by Gasteiger charge is -2.32. The number of alkyl halides is 2. The molecule has 3 heterocycles. The van der Waals surface area contributed by atoms with Crippen LogP contribution in [0.1, 0.15) is 12.8 Å². The molecule has 1 saturated heterocycles. The standard InChI is InChI=1S/C11H13F2N5/c1-17-7-16-8-9(17)14-6-15-10(8)18-4-2-11(12,13)3-5-18/h6-7H,2-5H2,1H3. The van der Waals surface area contributed by atoms with Gasteiger partial charge in [0, 0.05) is 33.0 Å². The highest BCUT2D eigenvalue weighted by Gasteiger charge is 2.35. The maximum atomic E-state index is 13.1. The van der Waals surface area contributed by atoms with E-state index >= 15 is 0 Å². The van der Waals surface area contributed by atoms with Crippen LogP contribution in [0, 0.1) is 0 Å². The molecule has 0 radical (unpaired) electrons. The van der Waals surface area contributed by atoms with Crippen molar-refractivity contribution in [2.45, 2.75) is 18.8 Å². The first kappa shape index (κ1) is 11.3. The molecule has 1 aliphatic rings. The minimum Gasteiger partial charge on any atom is -0.354 e. The SMILES string of the molecule is Cn1cnc2c(N3CCC(F)(F)CC3)ncnc21. The van der Waals surface area contributed by atoms with E-state index in [1.807, 2.05) is 11.9 Å². The fourth-order valence-electron chi connectivity index (χ4n) is 2.21. The van der Waals surface area contributed by atoms with Crippen LogP contribution in [0.15, 0.2) is 12.7 Å². The van der Waals surface area contributed by atoms with Crippen LogP contribution in [0.2, 0.25) is 0 Å². The largest absolute Gasteiger partial charge is 0.354 e. The van der Waals surface area contributed by atoms with E-state index in [2.05, 4.69) is 15.0 Å². The Morgan fingerprint density at radius 1 is 1.17 bits per heavy atom. The molecule has 96 valence electrons. The van der Waals surface area contributed by atoms with Gasteiger partial charge in [0.25, 0.3) is 5.92 Å². The number of anilines is 1. The summed E-state index contributed by atoms with van der Waals surface area (Å²) < 4.78 is 28.1.